The van der Waals surface area contributed by atoms with Crippen molar-refractivity contribution in [3.63, 3.8) is 0 Å². The molecule has 0 fully saturated rings. The van der Waals surface area contributed by atoms with Gasteiger partial charge in [0.25, 0.3) is 0 Å². The van der Waals surface area contributed by atoms with Gasteiger partial charge in [-0.05, 0) is 6.42 Å². The number of rotatable bonds is 3. The van der Waals surface area contributed by atoms with Crippen LogP contribution in [0.15, 0.2) is 37.0 Å². The summed E-state index contributed by atoms with van der Waals surface area (Å²) >= 11 is 0. The molecule has 10 heavy (non-hydrogen) atoms. The van der Waals surface area contributed by atoms with Gasteiger partial charge in [0.1, 0.15) is 0 Å². The first-order valence-corrected chi connectivity index (χ1v) is 3.61. The third kappa shape index (κ3) is 2.19. The molecule has 54 valence electrons. The van der Waals surface area contributed by atoms with E-state index in [1.165, 1.54) is 0 Å². The molecule has 1 aliphatic carbocycles. The number of allylic oxidation sites excluding steroid dienone is 2. The van der Waals surface area contributed by atoms with Gasteiger partial charge in [-0.15, -0.1) is 6.58 Å². The van der Waals surface area contributed by atoms with Crippen LogP contribution in [0.3, 0.4) is 0 Å². The lowest BCUT2D eigenvalue weighted by Crippen LogP contribution is -2.27. The topological polar surface area (TPSA) is 12.0 Å². The smallest absolute Gasteiger partial charge is 0.0290 e. The Morgan fingerprint density at radius 1 is 1.60 bits per heavy atom. The van der Waals surface area contributed by atoms with Gasteiger partial charge in [-0.3, -0.25) is 0 Å². The van der Waals surface area contributed by atoms with E-state index < -0.39 is 0 Å². The zero-order valence-electron chi connectivity index (χ0n) is 6.09. The molecule has 0 heterocycles. The summed E-state index contributed by atoms with van der Waals surface area (Å²) in [5.74, 6) is 0. The van der Waals surface area contributed by atoms with Gasteiger partial charge in [-0.25, -0.2) is 0 Å². The zero-order chi connectivity index (χ0) is 7.23. The average Bonchev–Trinajstić information content (AvgIpc) is 2.03. The van der Waals surface area contributed by atoms with E-state index in [4.69, 9.17) is 0 Å². The lowest BCUT2D eigenvalue weighted by atomic mass is 10.1. The fraction of sp³-hybridized carbons (Fsp3) is 0.333. The van der Waals surface area contributed by atoms with Crippen LogP contribution in [0.2, 0.25) is 0 Å². The average molecular weight is 135 g/mol. The SMILES string of the molecule is C=CCNC1C=CC=CC1. The van der Waals surface area contributed by atoms with Crippen LogP contribution in [0.1, 0.15) is 6.42 Å². The summed E-state index contributed by atoms with van der Waals surface area (Å²) in [5, 5.41) is 3.32. The Bertz CT molecular complexity index is 156. The minimum absolute atomic E-state index is 0.517. The van der Waals surface area contributed by atoms with Gasteiger partial charge in [0.05, 0.1) is 0 Å². The monoisotopic (exact) mass is 135 g/mol. The van der Waals surface area contributed by atoms with Crippen molar-refractivity contribution in [3.8, 4) is 0 Å². The molecule has 0 aliphatic heterocycles. The Labute approximate surface area is 62.1 Å². The summed E-state index contributed by atoms with van der Waals surface area (Å²) in [6.45, 7) is 4.53. The molecule has 1 aliphatic rings. The summed E-state index contributed by atoms with van der Waals surface area (Å²) in [7, 11) is 0. The van der Waals surface area contributed by atoms with E-state index in [1.54, 1.807) is 0 Å². The van der Waals surface area contributed by atoms with Crippen molar-refractivity contribution in [1.82, 2.24) is 5.32 Å². The molecule has 1 nitrogen and oxygen atoms in total. The molecule has 1 rings (SSSR count). The molecule has 1 atom stereocenters. The molecule has 0 aromatic carbocycles. The van der Waals surface area contributed by atoms with Crippen molar-refractivity contribution in [2.75, 3.05) is 6.54 Å². The molecular formula is C9H13N. The summed E-state index contributed by atoms with van der Waals surface area (Å²) in [4.78, 5) is 0. The van der Waals surface area contributed by atoms with Crippen molar-refractivity contribution >= 4 is 0 Å². The molecule has 0 saturated carbocycles. The first-order valence-electron chi connectivity index (χ1n) is 3.61. The summed E-state index contributed by atoms with van der Waals surface area (Å²) in [5.41, 5.74) is 0. The predicted octanol–water partition coefficient (Wildman–Crippen LogP) is 1.65. The van der Waals surface area contributed by atoms with Gasteiger partial charge in [-0.2, -0.15) is 0 Å². The Kier molecular flexibility index (Phi) is 2.97. The van der Waals surface area contributed by atoms with Gasteiger partial charge >= 0.3 is 0 Å². The second-order valence-corrected chi connectivity index (χ2v) is 2.35. The van der Waals surface area contributed by atoms with E-state index in [9.17, 15) is 0 Å². The van der Waals surface area contributed by atoms with Crippen LogP contribution in [0, 0.1) is 0 Å². The van der Waals surface area contributed by atoms with E-state index in [0.717, 1.165) is 13.0 Å². The Morgan fingerprint density at radius 2 is 2.50 bits per heavy atom. The lowest BCUT2D eigenvalue weighted by Gasteiger charge is -2.12. The van der Waals surface area contributed by atoms with E-state index in [2.05, 4.69) is 36.2 Å². The molecule has 0 spiro atoms. The first kappa shape index (κ1) is 7.29. The molecule has 0 aromatic heterocycles. The van der Waals surface area contributed by atoms with E-state index >= 15 is 0 Å². The van der Waals surface area contributed by atoms with Crippen LogP contribution in [-0.4, -0.2) is 12.6 Å². The minimum Gasteiger partial charge on any atom is -0.307 e. The summed E-state index contributed by atoms with van der Waals surface area (Å²) < 4.78 is 0. The van der Waals surface area contributed by atoms with Crippen molar-refractivity contribution in [2.45, 2.75) is 12.5 Å². The molecule has 0 bridgehead atoms. The van der Waals surface area contributed by atoms with E-state index in [1.807, 2.05) is 6.08 Å². The van der Waals surface area contributed by atoms with Crippen molar-refractivity contribution < 1.29 is 0 Å². The van der Waals surface area contributed by atoms with Gasteiger partial charge in [0, 0.05) is 12.6 Å². The number of hydrogen-bond donors (Lipinski definition) is 1. The maximum absolute atomic E-state index is 3.64. The number of nitrogens with one attached hydrogen (secondary N) is 1. The fourth-order valence-electron chi connectivity index (χ4n) is 0.967. The third-order valence-corrected chi connectivity index (χ3v) is 1.51. The third-order valence-electron chi connectivity index (χ3n) is 1.51. The van der Waals surface area contributed by atoms with Crippen LogP contribution >= 0.6 is 0 Å². The Hall–Kier alpha value is -0.820. The largest absolute Gasteiger partial charge is 0.307 e. The standard InChI is InChI=1S/C9H13N/c1-2-8-10-9-6-4-3-5-7-9/h2-6,9-10H,1,7-8H2. The molecule has 1 heteroatoms. The van der Waals surface area contributed by atoms with Gasteiger partial charge in [-0.1, -0.05) is 30.4 Å². The fourth-order valence-corrected chi connectivity index (χ4v) is 0.967. The molecule has 1 N–H and O–H groups in total. The van der Waals surface area contributed by atoms with Crippen molar-refractivity contribution in [2.24, 2.45) is 0 Å². The Morgan fingerprint density at radius 3 is 3.10 bits per heavy atom. The quantitative estimate of drug-likeness (QED) is 0.580. The van der Waals surface area contributed by atoms with E-state index in [-0.39, 0.29) is 0 Å². The second kappa shape index (κ2) is 4.07. The Balaban J connectivity index is 2.23. The van der Waals surface area contributed by atoms with Crippen LogP contribution in [-0.2, 0) is 0 Å². The first-order chi connectivity index (χ1) is 4.93. The van der Waals surface area contributed by atoms with Gasteiger partial charge in [0.2, 0.25) is 0 Å². The van der Waals surface area contributed by atoms with Crippen molar-refractivity contribution in [1.29, 1.82) is 0 Å². The molecular weight excluding hydrogens is 122 g/mol. The van der Waals surface area contributed by atoms with E-state index in [0.29, 0.717) is 6.04 Å². The highest BCUT2D eigenvalue weighted by Gasteiger charge is 2.00. The number of hydrogen-bond acceptors (Lipinski definition) is 1. The highest BCUT2D eigenvalue weighted by Crippen LogP contribution is 2.01. The van der Waals surface area contributed by atoms with Crippen LogP contribution in [0.5, 0.6) is 0 Å². The van der Waals surface area contributed by atoms with Gasteiger partial charge < -0.3 is 5.32 Å². The molecule has 0 radical (unpaired) electrons. The second-order valence-electron chi connectivity index (χ2n) is 2.35. The molecule has 0 saturated heterocycles. The van der Waals surface area contributed by atoms with Crippen LogP contribution in [0.25, 0.3) is 0 Å². The van der Waals surface area contributed by atoms with Crippen molar-refractivity contribution in [3.05, 3.63) is 37.0 Å². The highest BCUT2D eigenvalue weighted by atomic mass is 14.9. The normalized spacial score (nSPS) is 23.0. The molecule has 0 aromatic rings. The van der Waals surface area contributed by atoms with Crippen LogP contribution < -0.4 is 5.32 Å². The maximum Gasteiger partial charge on any atom is 0.0290 e. The highest BCUT2D eigenvalue weighted by molar-refractivity contribution is 5.13. The minimum atomic E-state index is 0.517. The lowest BCUT2D eigenvalue weighted by molar-refractivity contribution is 0.638. The maximum atomic E-state index is 3.64. The predicted molar refractivity (Wildman–Crippen MR) is 44.9 cm³/mol. The summed E-state index contributed by atoms with van der Waals surface area (Å²) in [6.07, 6.45) is 11.5. The zero-order valence-corrected chi connectivity index (χ0v) is 6.09. The van der Waals surface area contributed by atoms with Gasteiger partial charge in [0.15, 0.2) is 0 Å². The molecule has 1 unspecified atom stereocenters. The van der Waals surface area contributed by atoms with Crippen LogP contribution in [0.4, 0.5) is 0 Å². The summed E-state index contributed by atoms with van der Waals surface area (Å²) in [6, 6.07) is 0.517. The molecule has 0 amide bonds.